The number of nitrogens with one attached hydrogen (secondary N) is 1. The summed E-state index contributed by atoms with van der Waals surface area (Å²) in [5, 5.41) is 2.71. The van der Waals surface area contributed by atoms with Gasteiger partial charge in [0.05, 0.1) is 12.2 Å². The van der Waals surface area contributed by atoms with Gasteiger partial charge in [-0.25, -0.2) is 18.0 Å². The van der Waals surface area contributed by atoms with E-state index >= 15 is 0 Å². The minimum absolute atomic E-state index is 0.0511. The molecule has 3 fully saturated rings. The van der Waals surface area contributed by atoms with Crippen molar-refractivity contribution in [3.63, 3.8) is 0 Å². The molecule has 2 aromatic rings. The first kappa shape index (κ1) is 20.1. The van der Waals surface area contributed by atoms with Crippen LogP contribution in [0.5, 0.6) is 0 Å². The van der Waals surface area contributed by atoms with Gasteiger partial charge in [-0.1, -0.05) is 24.3 Å². The third kappa shape index (κ3) is 3.82. The Morgan fingerprint density at radius 1 is 1.16 bits per heavy atom. The number of nitrogens with zero attached hydrogens (tertiary/aromatic N) is 1. The molecular formula is C24H23F3N2O2. The van der Waals surface area contributed by atoms with Crippen LogP contribution in [-0.4, -0.2) is 29.1 Å². The van der Waals surface area contributed by atoms with Crippen LogP contribution in [0.25, 0.3) is 17.2 Å². The molecule has 4 atom stereocenters. The minimum Gasteiger partial charge on any atom is -0.440 e. The zero-order valence-corrected chi connectivity index (χ0v) is 16.9. The van der Waals surface area contributed by atoms with E-state index in [-0.39, 0.29) is 36.4 Å². The second-order valence-corrected chi connectivity index (χ2v) is 8.90. The quantitative estimate of drug-likeness (QED) is 0.707. The number of benzene rings is 1. The second-order valence-electron chi connectivity index (χ2n) is 8.90. The fraction of sp³-hybridized carbons (Fsp3) is 0.417. The Hall–Kier alpha value is -2.83. The first-order valence-corrected chi connectivity index (χ1v) is 10.6. The van der Waals surface area contributed by atoms with Crippen LogP contribution in [0.3, 0.4) is 0 Å². The molecule has 3 aliphatic rings. The fourth-order valence-electron chi connectivity index (χ4n) is 5.56. The number of pyridine rings is 1. The van der Waals surface area contributed by atoms with Crippen LogP contribution in [0.4, 0.5) is 18.0 Å². The number of halogens is 3. The highest BCUT2D eigenvalue weighted by molar-refractivity contribution is 5.70. The third-order valence-electron chi connectivity index (χ3n) is 6.93. The highest BCUT2D eigenvalue weighted by Crippen LogP contribution is 2.56. The van der Waals surface area contributed by atoms with E-state index in [1.54, 1.807) is 12.3 Å². The molecule has 2 aliphatic carbocycles. The van der Waals surface area contributed by atoms with E-state index in [9.17, 15) is 18.0 Å². The molecule has 1 saturated heterocycles. The molecule has 2 saturated carbocycles. The van der Waals surface area contributed by atoms with Gasteiger partial charge in [0.15, 0.2) is 0 Å². The molecule has 5 rings (SSSR count). The van der Waals surface area contributed by atoms with Crippen molar-refractivity contribution >= 4 is 12.2 Å². The Kier molecular flexibility index (Phi) is 4.79. The maximum Gasteiger partial charge on any atom is 0.407 e. The Morgan fingerprint density at radius 3 is 2.74 bits per heavy atom. The monoisotopic (exact) mass is 428 g/mol. The molecule has 1 amide bonds. The van der Waals surface area contributed by atoms with E-state index in [1.165, 1.54) is 12.1 Å². The molecule has 4 nitrogen and oxygen atoms in total. The number of alkyl carbamates (subject to hydrolysis) is 1. The lowest BCUT2D eigenvalue weighted by Gasteiger charge is -2.34. The normalized spacial score (nSPS) is 31.6. The number of alkyl halides is 2. The van der Waals surface area contributed by atoms with Gasteiger partial charge in [-0.2, -0.15) is 0 Å². The van der Waals surface area contributed by atoms with Crippen molar-refractivity contribution in [3.05, 3.63) is 60.2 Å². The minimum atomic E-state index is -2.65. The van der Waals surface area contributed by atoms with Gasteiger partial charge in [0.25, 0.3) is 0 Å². The fourth-order valence-corrected chi connectivity index (χ4v) is 5.56. The van der Waals surface area contributed by atoms with Crippen LogP contribution in [0.2, 0.25) is 0 Å². The highest BCUT2D eigenvalue weighted by Gasteiger charge is 2.60. The number of hydrogen-bond donors (Lipinski definition) is 1. The van der Waals surface area contributed by atoms with Gasteiger partial charge in [-0.15, -0.1) is 0 Å². The molecule has 7 heteroatoms. The summed E-state index contributed by atoms with van der Waals surface area (Å²) in [6.07, 6.45) is 5.62. The van der Waals surface area contributed by atoms with Crippen LogP contribution in [0.15, 0.2) is 48.7 Å². The average Bonchev–Trinajstić information content (AvgIpc) is 3.24. The summed E-state index contributed by atoms with van der Waals surface area (Å²) in [4.78, 5) is 16.3. The Morgan fingerprint density at radius 2 is 2.03 bits per heavy atom. The summed E-state index contributed by atoms with van der Waals surface area (Å²) in [7, 11) is 0. The van der Waals surface area contributed by atoms with E-state index in [0.717, 1.165) is 11.1 Å². The molecule has 31 heavy (non-hydrogen) atoms. The largest absolute Gasteiger partial charge is 0.440 e. The second kappa shape index (κ2) is 7.39. The molecule has 162 valence electrons. The Labute approximate surface area is 178 Å². The molecule has 0 unspecified atom stereocenters. The third-order valence-corrected chi connectivity index (χ3v) is 6.93. The van der Waals surface area contributed by atoms with Gasteiger partial charge in [-0.05, 0) is 54.5 Å². The molecule has 1 aromatic heterocycles. The predicted molar refractivity (Wildman–Crippen MR) is 110 cm³/mol. The van der Waals surface area contributed by atoms with E-state index in [4.69, 9.17) is 4.74 Å². The van der Waals surface area contributed by atoms with Crippen LogP contribution in [0.1, 0.15) is 31.4 Å². The van der Waals surface area contributed by atoms with Gasteiger partial charge in [0, 0.05) is 30.5 Å². The number of carbonyl (C=O) groups is 1. The molecule has 1 aromatic carbocycles. The van der Waals surface area contributed by atoms with Crippen molar-refractivity contribution in [2.75, 3.05) is 6.54 Å². The highest BCUT2D eigenvalue weighted by atomic mass is 19.3. The number of rotatable bonds is 3. The summed E-state index contributed by atoms with van der Waals surface area (Å²) in [6, 6.07) is 10.0. The van der Waals surface area contributed by atoms with Crippen LogP contribution < -0.4 is 5.32 Å². The summed E-state index contributed by atoms with van der Waals surface area (Å²) in [5.41, 5.74) is 1.48. The molecule has 1 N–H and O–H groups in total. The van der Waals surface area contributed by atoms with E-state index < -0.39 is 17.6 Å². The average molecular weight is 428 g/mol. The predicted octanol–water partition coefficient (Wildman–Crippen LogP) is 5.45. The van der Waals surface area contributed by atoms with Gasteiger partial charge >= 0.3 is 6.09 Å². The van der Waals surface area contributed by atoms with E-state index in [1.807, 2.05) is 30.4 Å². The first-order chi connectivity index (χ1) is 14.8. The lowest BCUT2D eigenvalue weighted by atomic mass is 9.75. The number of fused-ring (bicyclic) bond motifs is 1. The number of aromatic nitrogens is 1. The number of hydrogen-bond acceptors (Lipinski definition) is 3. The zero-order valence-electron chi connectivity index (χ0n) is 16.9. The SMILES string of the molecule is O=C1NC[C@@]2(C[C@H]3CC(F)(F)CC[C@@H]3[C@H]2C=Cc2ccc(-c3cccc(F)c3)cn2)O1. The molecule has 0 bridgehead atoms. The van der Waals surface area contributed by atoms with Crippen molar-refractivity contribution in [3.8, 4) is 11.1 Å². The summed E-state index contributed by atoms with van der Waals surface area (Å²) in [5.74, 6) is -3.21. The Bertz CT molecular complexity index is 1020. The molecule has 2 heterocycles. The first-order valence-electron chi connectivity index (χ1n) is 10.6. The van der Waals surface area contributed by atoms with Crippen LogP contribution in [0, 0.1) is 23.6 Å². The molecule has 1 spiro atoms. The zero-order chi connectivity index (χ0) is 21.6. The lowest BCUT2D eigenvalue weighted by Crippen LogP contribution is -2.38. The van der Waals surface area contributed by atoms with Crippen molar-refractivity contribution in [1.29, 1.82) is 0 Å². The van der Waals surface area contributed by atoms with Gasteiger partial charge in [-0.3, -0.25) is 4.98 Å². The summed E-state index contributed by atoms with van der Waals surface area (Å²) >= 11 is 0. The van der Waals surface area contributed by atoms with Gasteiger partial charge in [0.2, 0.25) is 5.92 Å². The number of ether oxygens (including phenoxy) is 1. The maximum absolute atomic E-state index is 14.0. The topological polar surface area (TPSA) is 51.2 Å². The lowest BCUT2D eigenvalue weighted by molar-refractivity contribution is -0.0659. The van der Waals surface area contributed by atoms with Crippen molar-refractivity contribution in [2.45, 2.75) is 37.2 Å². The van der Waals surface area contributed by atoms with Crippen LogP contribution >= 0.6 is 0 Å². The maximum atomic E-state index is 14.0. The Balaban J connectivity index is 1.39. The molecular weight excluding hydrogens is 405 g/mol. The number of amides is 1. The van der Waals surface area contributed by atoms with Crippen molar-refractivity contribution in [2.24, 2.45) is 17.8 Å². The van der Waals surface area contributed by atoms with Crippen molar-refractivity contribution < 1.29 is 22.7 Å². The number of carbonyl (C=O) groups excluding carboxylic acids is 1. The molecule has 0 radical (unpaired) electrons. The van der Waals surface area contributed by atoms with Crippen molar-refractivity contribution in [1.82, 2.24) is 10.3 Å². The van der Waals surface area contributed by atoms with Gasteiger partial charge < -0.3 is 10.1 Å². The van der Waals surface area contributed by atoms with E-state index in [0.29, 0.717) is 25.1 Å². The van der Waals surface area contributed by atoms with Gasteiger partial charge in [0.1, 0.15) is 11.4 Å². The van der Waals surface area contributed by atoms with Crippen LogP contribution in [-0.2, 0) is 4.74 Å². The molecule has 1 aliphatic heterocycles. The van der Waals surface area contributed by atoms with E-state index in [2.05, 4.69) is 10.3 Å². The summed E-state index contributed by atoms with van der Waals surface area (Å²) in [6.45, 7) is 0.339. The smallest absolute Gasteiger partial charge is 0.407 e. The summed E-state index contributed by atoms with van der Waals surface area (Å²) < 4.78 is 47.1. The standard InChI is InChI=1S/C24H23F3N2O2/c25-18-3-1-2-15(10-18)16-4-5-19(28-13-16)6-7-21-20-8-9-24(26,27)12-17(20)11-23(21)14-29-22(30)31-23/h1-7,10,13,17,20-21H,8-9,11-12,14H2,(H,29,30)/t17-,20-,21+,23+/m0/s1.